The Labute approximate surface area is 158 Å². The second-order valence-corrected chi connectivity index (χ2v) is 12.4. The van der Waals surface area contributed by atoms with Crippen molar-refractivity contribution in [2.75, 3.05) is 19.0 Å². The minimum Gasteiger partial charge on any atom is -1.00 e. The topological polar surface area (TPSA) is 52.0 Å². The first kappa shape index (κ1) is 19.1. The Kier molecular flexibility index (Phi) is 7.36. The minimum absolute atomic E-state index is 0. The van der Waals surface area contributed by atoms with E-state index in [-0.39, 0.29) is 31.0 Å². The number of nitrogens with one attached hydrogen (secondary N) is 1. The molecule has 0 amide bonds. The van der Waals surface area contributed by atoms with Crippen LogP contribution in [-0.2, 0) is 11.5 Å². The van der Waals surface area contributed by atoms with E-state index in [1.807, 2.05) is 17.9 Å². The molecule has 21 heavy (non-hydrogen) atoms. The molecule has 0 saturated heterocycles. The summed E-state index contributed by atoms with van der Waals surface area (Å²) in [5, 5.41) is 8.46. The Morgan fingerprint density at radius 2 is 2.10 bits per heavy atom. The number of pyridine rings is 1. The maximum atomic E-state index is 5.76. The summed E-state index contributed by atoms with van der Waals surface area (Å²) in [5.41, 5.74) is 1.01. The minimum atomic E-state index is -1.04. The number of hydrogen-bond donors (Lipinski definition) is 1. The van der Waals surface area contributed by atoms with Gasteiger partial charge in [-0.3, -0.25) is 0 Å². The van der Waals surface area contributed by atoms with Gasteiger partial charge in [-0.15, -0.1) is 0 Å². The summed E-state index contributed by atoms with van der Waals surface area (Å²) in [6.45, 7) is 8.31. The normalized spacial score (nSPS) is 11.5. The second-order valence-electron chi connectivity index (χ2n) is 5.96. The van der Waals surface area contributed by atoms with E-state index in [4.69, 9.17) is 4.74 Å². The van der Waals surface area contributed by atoms with Crippen LogP contribution in [0.1, 0.15) is 1.43 Å². The van der Waals surface area contributed by atoms with Gasteiger partial charge in [0.2, 0.25) is 0 Å². The van der Waals surface area contributed by atoms with Crippen molar-refractivity contribution >= 4 is 40.7 Å². The molecule has 0 atom stereocenters. The van der Waals surface area contributed by atoms with Gasteiger partial charge in [-0.1, -0.05) is 19.6 Å². The number of ether oxygens (including phenoxy) is 1. The molecule has 0 aliphatic carbocycles. The van der Waals surface area contributed by atoms with Gasteiger partial charge in [-0.05, 0) is 22.0 Å². The van der Waals surface area contributed by atoms with Gasteiger partial charge >= 0.3 is 29.6 Å². The fourth-order valence-electron chi connectivity index (χ4n) is 1.89. The van der Waals surface area contributed by atoms with Crippen LogP contribution in [0.5, 0.6) is 0 Å². The second kappa shape index (κ2) is 8.08. The van der Waals surface area contributed by atoms with Crippen LogP contribution < -0.4 is 34.9 Å². The molecule has 0 unspecified atom stereocenters. The number of fused-ring (bicyclic) bond motifs is 1. The third kappa shape index (κ3) is 5.04. The Balaban J connectivity index is 0.00000220. The first-order valence-electron chi connectivity index (χ1n) is 6.68. The van der Waals surface area contributed by atoms with E-state index in [0.717, 1.165) is 33.8 Å². The summed E-state index contributed by atoms with van der Waals surface area (Å²) < 4.78 is 8.56. The van der Waals surface area contributed by atoms with Gasteiger partial charge in [0.15, 0.2) is 0 Å². The van der Waals surface area contributed by atoms with Crippen molar-refractivity contribution in [1.82, 2.24) is 14.8 Å². The van der Waals surface area contributed by atoms with Gasteiger partial charge in [0.1, 0.15) is 12.5 Å². The SMILES string of the molecule is CNc1ncc(Br)c2c1cnn2COCC[Si](C)(C)C.[H-].[Na+]. The molecule has 0 bridgehead atoms. The van der Waals surface area contributed by atoms with Crippen molar-refractivity contribution in [2.45, 2.75) is 32.4 Å². The van der Waals surface area contributed by atoms with E-state index in [9.17, 15) is 0 Å². The summed E-state index contributed by atoms with van der Waals surface area (Å²) in [6, 6.07) is 1.16. The van der Waals surface area contributed by atoms with Gasteiger partial charge in [0, 0.05) is 27.9 Å². The summed E-state index contributed by atoms with van der Waals surface area (Å²) in [7, 11) is 0.816. The van der Waals surface area contributed by atoms with Crippen molar-refractivity contribution < 1.29 is 35.7 Å². The molecule has 0 aliphatic rings. The number of halogens is 1. The molecule has 8 heteroatoms. The van der Waals surface area contributed by atoms with Crippen LogP contribution in [0.25, 0.3) is 10.9 Å². The van der Waals surface area contributed by atoms with E-state index in [2.05, 4.69) is 51.0 Å². The van der Waals surface area contributed by atoms with Gasteiger partial charge in [0.05, 0.1) is 21.6 Å². The molecule has 112 valence electrons. The number of anilines is 1. The van der Waals surface area contributed by atoms with Gasteiger partial charge in [0.25, 0.3) is 0 Å². The summed E-state index contributed by atoms with van der Waals surface area (Å²) in [5.74, 6) is 0.830. The van der Waals surface area contributed by atoms with Crippen LogP contribution in [0, 0.1) is 0 Å². The van der Waals surface area contributed by atoms with E-state index < -0.39 is 8.07 Å². The average Bonchev–Trinajstić information content (AvgIpc) is 2.79. The van der Waals surface area contributed by atoms with Crippen LogP contribution in [0.3, 0.4) is 0 Å². The molecule has 1 N–H and O–H groups in total. The molecule has 0 fully saturated rings. The first-order valence-corrected chi connectivity index (χ1v) is 11.2. The Hall–Kier alpha value is 0.0769. The number of rotatable bonds is 6. The monoisotopic (exact) mass is 380 g/mol. The molecule has 0 aliphatic heterocycles. The number of nitrogens with zero attached hydrogens (tertiary/aromatic N) is 3. The molecule has 0 saturated carbocycles. The third-order valence-corrected chi connectivity index (χ3v) is 5.36. The fraction of sp³-hybridized carbons (Fsp3) is 0.538. The average molecular weight is 381 g/mol. The van der Waals surface area contributed by atoms with Crippen molar-refractivity contribution in [3.8, 4) is 0 Å². The van der Waals surface area contributed by atoms with Gasteiger partial charge in [-0.25, -0.2) is 9.67 Å². The first-order chi connectivity index (χ1) is 9.42. The van der Waals surface area contributed by atoms with Crippen LogP contribution in [0.2, 0.25) is 25.7 Å². The molecule has 2 aromatic heterocycles. The van der Waals surface area contributed by atoms with E-state index in [1.165, 1.54) is 0 Å². The van der Waals surface area contributed by atoms with Crippen LogP contribution >= 0.6 is 15.9 Å². The summed E-state index contributed by atoms with van der Waals surface area (Å²) in [6.07, 6.45) is 3.61. The Bertz CT molecular complexity index is 605. The van der Waals surface area contributed by atoms with Crippen LogP contribution in [0.15, 0.2) is 16.9 Å². The maximum absolute atomic E-state index is 5.76. The largest absolute Gasteiger partial charge is 1.00 e. The van der Waals surface area contributed by atoms with Crippen LogP contribution in [0.4, 0.5) is 5.82 Å². The molecule has 5 nitrogen and oxygen atoms in total. The number of hydrogen-bond acceptors (Lipinski definition) is 4. The van der Waals surface area contributed by atoms with Crippen molar-refractivity contribution in [3.05, 3.63) is 16.9 Å². The predicted molar refractivity (Wildman–Crippen MR) is 90.0 cm³/mol. The van der Waals surface area contributed by atoms with Gasteiger partial charge in [-0.2, -0.15) is 5.10 Å². The summed E-state index contributed by atoms with van der Waals surface area (Å²) >= 11 is 3.53. The molecule has 2 heterocycles. The quantitative estimate of drug-likeness (QED) is 0.590. The smallest absolute Gasteiger partial charge is 1.00 e. The van der Waals surface area contributed by atoms with E-state index in [1.54, 1.807) is 6.20 Å². The molecule has 2 aromatic rings. The molecular formula is C13H22BrN4NaOSi. The Morgan fingerprint density at radius 1 is 1.38 bits per heavy atom. The molecule has 0 radical (unpaired) electrons. The van der Waals surface area contributed by atoms with Crippen molar-refractivity contribution in [1.29, 1.82) is 0 Å². The molecule has 0 spiro atoms. The third-order valence-electron chi connectivity index (χ3n) is 3.07. The molecular weight excluding hydrogens is 359 g/mol. The predicted octanol–water partition coefficient (Wildman–Crippen LogP) is 0.664. The molecule has 2 rings (SSSR count). The van der Waals surface area contributed by atoms with Gasteiger partial charge < -0.3 is 11.5 Å². The van der Waals surface area contributed by atoms with Crippen molar-refractivity contribution in [2.24, 2.45) is 0 Å². The summed E-state index contributed by atoms with van der Waals surface area (Å²) in [4.78, 5) is 4.32. The Morgan fingerprint density at radius 3 is 2.71 bits per heavy atom. The zero-order chi connectivity index (χ0) is 14.8. The molecule has 0 aromatic carbocycles. The van der Waals surface area contributed by atoms with E-state index in [0.29, 0.717) is 6.73 Å². The zero-order valence-electron chi connectivity index (χ0n) is 14.4. The van der Waals surface area contributed by atoms with E-state index >= 15 is 0 Å². The van der Waals surface area contributed by atoms with Crippen molar-refractivity contribution in [3.63, 3.8) is 0 Å². The fourth-order valence-corrected chi connectivity index (χ4v) is 3.17. The maximum Gasteiger partial charge on any atom is 1.00 e. The van der Waals surface area contributed by atoms with Crippen LogP contribution in [-0.4, -0.2) is 36.5 Å². The number of aromatic nitrogens is 3. The zero-order valence-corrected chi connectivity index (χ0v) is 18.0. The standard InChI is InChI=1S/C13H21BrN4OSi.Na.H/c1-15-13-10-7-17-18(12(10)11(14)8-16-13)9-19-5-6-20(2,3)4;;/h7-8H,5-6,9H2,1-4H3,(H,15,16);;/q;+1;-1.